The molecule has 0 aliphatic heterocycles. The number of aromatic amines is 1. The van der Waals surface area contributed by atoms with Gasteiger partial charge in [0.2, 0.25) is 0 Å². The summed E-state index contributed by atoms with van der Waals surface area (Å²) in [5, 5.41) is 19.7. The second-order valence-corrected chi connectivity index (χ2v) is 5.42. The van der Waals surface area contributed by atoms with Crippen LogP contribution in [0.3, 0.4) is 0 Å². The lowest BCUT2D eigenvalue weighted by molar-refractivity contribution is 0.211. The van der Waals surface area contributed by atoms with Gasteiger partial charge in [0.05, 0.1) is 17.5 Å². The number of hydrogen-bond acceptors (Lipinski definition) is 4. The van der Waals surface area contributed by atoms with Crippen LogP contribution in [0.15, 0.2) is 36.7 Å². The predicted octanol–water partition coefficient (Wildman–Crippen LogP) is 2.08. The molecular weight excluding hydrogens is 250 g/mol. The molecule has 1 unspecified atom stereocenters. The van der Waals surface area contributed by atoms with Crippen LogP contribution in [0.5, 0.6) is 0 Å². The molecule has 2 aromatic rings. The molecule has 0 amide bonds. The van der Waals surface area contributed by atoms with Gasteiger partial charge >= 0.3 is 0 Å². The quantitative estimate of drug-likeness (QED) is 0.889. The fraction of sp³-hybridized carbons (Fsp3) is 0.400. The molecule has 1 saturated carbocycles. The molecule has 5 heteroatoms. The fourth-order valence-corrected chi connectivity index (χ4v) is 2.90. The van der Waals surface area contributed by atoms with Crippen LogP contribution in [-0.4, -0.2) is 21.2 Å². The Balaban J connectivity index is 1.64. The minimum atomic E-state index is -0.333. The minimum Gasteiger partial charge on any atom is -0.305 e. The van der Waals surface area contributed by atoms with E-state index >= 15 is 0 Å². The average Bonchev–Trinajstić information content (AvgIpc) is 2.97. The van der Waals surface area contributed by atoms with Gasteiger partial charge in [0.1, 0.15) is 12.2 Å². The largest absolute Gasteiger partial charge is 0.305 e. The summed E-state index contributed by atoms with van der Waals surface area (Å²) in [6.45, 7) is 2.05. The molecule has 102 valence electrons. The van der Waals surface area contributed by atoms with Crippen molar-refractivity contribution in [2.24, 2.45) is 0 Å². The van der Waals surface area contributed by atoms with E-state index in [2.05, 4.69) is 33.5 Å². The van der Waals surface area contributed by atoms with Crippen molar-refractivity contribution in [2.45, 2.75) is 37.3 Å². The molecule has 20 heavy (non-hydrogen) atoms. The summed E-state index contributed by atoms with van der Waals surface area (Å²) in [5.74, 6) is 0.833. The van der Waals surface area contributed by atoms with Gasteiger partial charge in [-0.3, -0.25) is 5.10 Å². The van der Waals surface area contributed by atoms with E-state index in [4.69, 9.17) is 0 Å². The van der Waals surface area contributed by atoms with E-state index in [0.29, 0.717) is 6.04 Å². The maximum atomic E-state index is 9.52. The lowest BCUT2D eigenvalue weighted by Gasteiger charge is -2.44. The van der Waals surface area contributed by atoms with Gasteiger partial charge in [0.15, 0.2) is 0 Å². The number of rotatable bonds is 4. The molecule has 1 atom stereocenters. The maximum Gasteiger partial charge on any atom is 0.141 e. The summed E-state index contributed by atoms with van der Waals surface area (Å²) in [6, 6.07) is 13.0. The first kappa shape index (κ1) is 12.8. The van der Waals surface area contributed by atoms with Crippen molar-refractivity contribution in [3.63, 3.8) is 0 Å². The zero-order valence-corrected chi connectivity index (χ0v) is 11.4. The first-order valence-corrected chi connectivity index (χ1v) is 6.81. The molecule has 5 nitrogen and oxygen atoms in total. The summed E-state index contributed by atoms with van der Waals surface area (Å²) < 4.78 is 0. The molecule has 0 spiro atoms. The molecular formula is C15H17N5. The number of H-pyrrole nitrogens is 1. The third-order valence-corrected chi connectivity index (χ3v) is 4.06. The Bertz CT molecular complexity index is 593. The lowest BCUT2D eigenvalue weighted by atomic mass is 9.62. The van der Waals surface area contributed by atoms with Crippen molar-refractivity contribution in [2.75, 3.05) is 0 Å². The number of nitrogens with zero attached hydrogens (tertiary/aromatic N) is 3. The third kappa shape index (κ3) is 2.19. The van der Waals surface area contributed by atoms with Crippen LogP contribution < -0.4 is 5.32 Å². The van der Waals surface area contributed by atoms with Gasteiger partial charge in [-0.05, 0) is 25.3 Å². The third-order valence-electron chi connectivity index (χ3n) is 4.06. The Kier molecular flexibility index (Phi) is 3.25. The molecule has 1 heterocycles. The van der Waals surface area contributed by atoms with Gasteiger partial charge in [-0.25, -0.2) is 4.98 Å². The van der Waals surface area contributed by atoms with E-state index < -0.39 is 0 Å². The van der Waals surface area contributed by atoms with E-state index in [-0.39, 0.29) is 11.5 Å². The van der Waals surface area contributed by atoms with E-state index in [9.17, 15) is 5.26 Å². The van der Waals surface area contributed by atoms with Crippen LogP contribution in [0.4, 0.5) is 0 Å². The Morgan fingerprint density at radius 3 is 2.75 bits per heavy atom. The van der Waals surface area contributed by atoms with Gasteiger partial charge < -0.3 is 5.32 Å². The highest BCUT2D eigenvalue weighted by Gasteiger charge is 2.46. The molecule has 1 aliphatic rings. The van der Waals surface area contributed by atoms with Crippen LogP contribution in [0.25, 0.3) is 0 Å². The summed E-state index contributed by atoms with van der Waals surface area (Å²) in [7, 11) is 0. The Morgan fingerprint density at radius 2 is 2.15 bits per heavy atom. The average molecular weight is 267 g/mol. The van der Waals surface area contributed by atoms with Crippen LogP contribution in [0, 0.1) is 11.3 Å². The summed E-state index contributed by atoms with van der Waals surface area (Å²) >= 11 is 0. The monoisotopic (exact) mass is 267 g/mol. The maximum absolute atomic E-state index is 9.52. The van der Waals surface area contributed by atoms with Crippen molar-refractivity contribution >= 4 is 0 Å². The molecule has 0 radical (unpaired) electrons. The zero-order chi connectivity index (χ0) is 14.0. The highest BCUT2D eigenvalue weighted by molar-refractivity contribution is 5.36. The van der Waals surface area contributed by atoms with Gasteiger partial charge in [0.25, 0.3) is 0 Å². The van der Waals surface area contributed by atoms with Gasteiger partial charge in [0, 0.05) is 6.04 Å². The molecule has 1 fully saturated rings. The highest BCUT2D eigenvalue weighted by Crippen LogP contribution is 2.43. The molecule has 1 aromatic heterocycles. The normalized spacial score (nSPS) is 26.5. The topological polar surface area (TPSA) is 77.4 Å². The zero-order valence-electron chi connectivity index (χ0n) is 11.4. The fourth-order valence-electron chi connectivity index (χ4n) is 2.90. The molecule has 2 N–H and O–H groups in total. The standard InChI is InChI=1S/C15H17N5/c1-11(14-17-10-18-20-14)19-13-7-15(8-13,9-16)12-5-3-2-4-6-12/h2-6,10-11,13,19H,7-8H2,1H3,(H,17,18,20). The predicted molar refractivity (Wildman–Crippen MR) is 74.7 cm³/mol. The second-order valence-electron chi connectivity index (χ2n) is 5.42. The smallest absolute Gasteiger partial charge is 0.141 e. The Morgan fingerprint density at radius 1 is 1.40 bits per heavy atom. The van der Waals surface area contributed by atoms with Crippen molar-refractivity contribution in [1.29, 1.82) is 5.26 Å². The molecule has 1 aliphatic carbocycles. The van der Waals surface area contributed by atoms with Crippen LogP contribution in [-0.2, 0) is 5.41 Å². The molecule has 1 aromatic carbocycles. The van der Waals surface area contributed by atoms with Gasteiger partial charge in [-0.15, -0.1) is 0 Å². The number of nitriles is 1. The first-order valence-electron chi connectivity index (χ1n) is 6.81. The van der Waals surface area contributed by atoms with Crippen molar-refractivity contribution in [3.8, 4) is 6.07 Å². The van der Waals surface area contributed by atoms with Gasteiger partial charge in [-0.2, -0.15) is 10.4 Å². The van der Waals surface area contributed by atoms with Crippen molar-refractivity contribution in [1.82, 2.24) is 20.5 Å². The second kappa shape index (κ2) is 5.06. The molecule has 0 saturated heterocycles. The Labute approximate surface area is 118 Å². The van der Waals surface area contributed by atoms with Crippen LogP contribution in [0.2, 0.25) is 0 Å². The summed E-state index contributed by atoms with van der Waals surface area (Å²) in [5.41, 5.74) is 0.785. The summed E-state index contributed by atoms with van der Waals surface area (Å²) in [6.07, 6.45) is 3.19. The van der Waals surface area contributed by atoms with Crippen molar-refractivity contribution in [3.05, 3.63) is 48.0 Å². The van der Waals surface area contributed by atoms with E-state index in [1.54, 1.807) is 0 Å². The number of aromatic nitrogens is 3. The first-order chi connectivity index (χ1) is 9.73. The molecule has 3 rings (SSSR count). The number of nitrogens with one attached hydrogen (secondary N) is 2. The number of benzene rings is 1. The lowest BCUT2D eigenvalue weighted by Crippen LogP contribution is -2.51. The van der Waals surface area contributed by atoms with E-state index in [1.165, 1.54) is 6.33 Å². The highest BCUT2D eigenvalue weighted by atomic mass is 15.2. The Hall–Kier alpha value is -2.19. The summed E-state index contributed by atoms with van der Waals surface area (Å²) in [4.78, 5) is 4.15. The van der Waals surface area contributed by atoms with E-state index in [0.717, 1.165) is 24.2 Å². The SMILES string of the molecule is CC(NC1CC(C#N)(c2ccccc2)C1)c1ncn[nH]1. The molecule has 0 bridgehead atoms. The van der Waals surface area contributed by atoms with Crippen LogP contribution >= 0.6 is 0 Å². The van der Waals surface area contributed by atoms with E-state index in [1.807, 2.05) is 30.3 Å². The van der Waals surface area contributed by atoms with Crippen molar-refractivity contribution < 1.29 is 0 Å². The number of hydrogen-bond donors (Lipinski definition) is 2. The van der Waals surface area contributed by atoms with Gasteiger partial charge in [-0.1, -0.05) is 30.3 Å². The minimum absolute atomic E-state index is 0.120. The van der Waals surface area contributed by atoms with Crippen LogP contribution in [0.1, 0.15) is 37.2 Å².